The molecule has 1 N–H and O–H groups in total. The van der Waals surface area contributed by atoms with Gasteiger partial charge in [0.25, 0.3) is 0 Å². The Balaban J connectivity index is 1.99. The number of nitrogens with one attached hydrogen (secondary N) is 1. The van der Waals surface area contributed by atoms with Crippen LogP contribution < -0.4 is 14.8 Å². The van der Waals surface area contributed by atoms with E-state index in [1.165, 1.54) is 25.3 Å². The molecule has 0 spiro atoms. The van der Waals surface area contributed by atoms with Gasteiger partial charge in [-0.3, -0.25) is 9.59 Å². The lowest BCUT2D eigenvalue weighted by Crippen LogP contribution is -2.20. The normalized spacial score (nSPS) is 10.9. The number of carbonyl (C=O) groups excluding carboxylic acids is 2. The zero-order valence-electron chi connectivity index (χ0n) is 15.5. The maximum atomic E-state index is 13.1. The van der Waals surface area contributed by atoms with Crippen LogP contribution in [0.4, 0.5) is 4.39 Å². The molecule has 0 aliphatic rings. The minimum Gasteiger partial charge on any atom is -0.493 e. The molecule has 0 fully saturated rings. The summed E-state index contributed by atoms with van der Waals surface area (Å²) >= 11 is 0. The molecule has 6 heteroatoms. The average molecular weight is 371 g/mol. The predicted molar refractivity (Wildman–Crippen MR) is 101 cm³/mol. The van der Waals surface area contributed by atoms with Crippen molar-refractivity contribution in [1.29, 1.82) is 0 Å². The topological polar surface area (TPSA) is 64.6 Å². The molecule has 0 heterocycles. The predicted octanol–water partition coefficient (Wildman–Crippen LogP) is 3.73. The molecule has 0 bridgehead atoms. The van der Waals surface area contributed by atoms with Gasteiger partial charge in [0.05, 0.1) is 13.0 Å². The van der Waals surface area contributed by atoms with Crippen molar-refractivity contribution < 1.29 is 23.5 Å². The highest BCUT2D eigenvalue weighted by Gasteiger charge is 2.13. The molecule has 0 aliphatic carbocycles. The fourth-order valence-corrected chi connectivity index (χ4v) is 2.17. The third-order valence-corrected chi connectivity index (χ3v) is 3.65. The van der Waals surface area contributed by atoms with Crippen molar-refractivity contribution in [3.8, 4) is 11.5 Å². The zero-order valence-corrected chi connectivity index (χ0v) is 15.5. The molecule has 2 rings (SSSR count). The van der Waals surface area contributed by atoms with Gasteiger partial charge >= 0.3 is 5.97 Å². The number of hydrogen-bond donors (Lipinski definition) is 1. The fraction of sp³-hybridized carbons (Fsp3) is 0.238. The number of methoxy groups -OCH3 is 1. The van der Waals surface area contributed by atoms with Crippen molar-refractivity contribution in [2.75, 3.05) is 7.11 Å². The summed E-state index contributed by atoms with van der Waals surface area (Å²) in [5.74, 6) is -0.546. The van der Waals surface area contributed by atoms with Crippen molar-refractivity contribution in [3.63, 3.8) is 0 Å². The largest absolute Gasteiger partial charge is 0.493 e. The Labute approximate surface area is 157 Å². The van der Waals surface area contributed by atoms with E-state index >= 15 is 0 Å². The first-order chi connectivity index (χ1) is 12.9. The number of carbonyl (C=O) groups is 2. The second-order valence-corrected chi connectivity index (χ2v) is 6.17. The van der Waals surface area contributed by atoms with Crippen LogP contribution in [-0.2, 0) is 16.1 Å². The molecule has 142 valence electrons. The summed E-state index contributed by atoms with van der Waals surface area (Å²) in [6.07, 6.45) is 2.98. The van der Waals surface area contributed by atoms with Crippen LogP contribution in [0.3, 0.4) is 0 Å². The van der Waals surface area contributed by atoms with E-state index in [1.54, 1.807) is 50.3 Å². The molecule has 0 aromatic heterocycles. The Kier molecular flexibility index (Phi) is 7.11. The molecule has 0 radical (unpaired) electrons. The lowest BCUT2D eigenvalue weighted by atomic mass is 10.1. The first kappa shape index (κ1) is 20.2. The maximum Gasteiger partial charge on any atom is 0.313 e. The molecule has 0 atom stereocenters. The molecule has 1 amide bonds. The molecule has 2 aromatic carbocycles. The third-order valence-electron chi connectivity index (χ3n) is 3.65. The first-order valence-electron chi connectivity index (χ1n) is 8.49. The number of benzene rings is 2. The third kappa shape index (κ3) is 6.26. The molecule has 0 saturated heterocycles. The minimum atomic E-state index is -0.353. The number of halogens is 1. The summed E-state index contributed by atoms with van der Waals surface area (Å²) in [7, 11) is 1.47. The summed E-state index contributed by atoms with van der Waals surface area (Å²) in [6.45, 7) is 3.72. The van der Waals surface area contributed by atoms with Crippen molar-refractivity contribution >= 4 is 18.0 Å². The van der Waals surface area contributed by atoms with Crippen molar-refractivity contribution in [2.45, 2.75) is 20.4 Å². The summed E-state index contributed by atoms with van der Waals surface area (Å²) in [6, 6.07) is 11.0. The van der Waals surface area contributed by atoms with Crippen molar-refractivity contribution in [2.24, 2.45) is 5.92 Å². The van der Waals surface area contributed by atoms with Crippen LogP contribution in [0.1, 0.15) is 25.0 Å². The van der Waals surface area contributed by atoms with Crippen molar-refractivity contribution in [3.05, 3.63) is 65.5 Å². The zero-order chi connectivity index (χ0) is 19.8. The lowest BCUT2D eigenvalue weighted by Gasteiger charge is -2.11. The van der Waals surface area contributed by atoms with Crippen molar-refractivity contribution in [1.82, 2.24) is 5.32 Å². The summed E-state index contributed by atoms with van der Waals surface area (Å²) < 4.78 is 23.6. The van der Waals surface area contributed by atoms with Crippen LogP contribution in [0.5, 0.6) is 11.5 Å². The number of ether oxygens (including phenoxy) is 2. The summed E-state index contributed by atoms with van der Waals surface area (Å²) in [5, 5.41) is 2.68. The van der Waals surface area contributed by atoms with Gasteiger partial charge in [0.15, 0.2) is 11.5 Å². The minimum absolute atomic E-state index is 0.231. The van der Waals surface area contributed by atoms with Gasteiger partial charge in [-0.05, 0) is 41.5 Å². The van der Waals surface area contributed by atoms with Gasteiger partial charge in [-0.1, -0.05) is 32.0 Å². The van der Waals surface area contributed by atoms with E-state index in [0.29, 0.717) is 22.6 Å². The number of amides is 1. The fourth-order valence-electron chi connectivity index (χ4n) is 2.17. The highest BCUT2D eigenvalue weighted by atomic mass is 19.1. The van der Waals surface area contributed by atoms with Gasteiger partial charge in [-0.25, -0.2) is 4.39 Å². The number of hydrogen-bond acceptors (Lipinski definition) is 4. The molecule has 2 aromatic rings. The number of rotatable bonds is 7. The van der Waals surface area contributed by atoms with Crippen LogP contribution in [0, 0.1) is 11.7 Å². The van der Waals surface area contributed by atoms with Gasteiger partial charge in [0, 0.05) is 12.6 Å². The van der Waals surface area contributed by atoms with Gasteiger partial charge in [0.1, 0.15) is 5.82 Å². The van der Waals surface area contributed by atoms with Crippen LogP contribution in [0.2, 0.25) is 0 Å². The molecule has 0 saturated carbocycles. The van der Waals surface area contributed by atoms with Crippen LogP contribution in [-0.4, -0.2) is 19.0 Å². The second kappa shape index (κ2) is 9.52. The smallest absolute Gasteiger partial charge is 0.313 e. The Morgan fingerprint density at radius 2 is 1.93 bits per heavy atom. The standard InChI is InChI=1S/C21H22FNO4/c1-14(2)21(25)27-18-9-7-15(12-19(18)26-3)8-10-20(24)23-13-16-5-4-6-17(22)11-16/h4-12,14H,13H2,1-3H3,(H,23,24)/b10-8+. The van der Waals surface area contributed by atoms with E-state index in [0.717, 1.165) is 0 Å². The first-order valence-corrected chi connectivity index (χ1v) is 8.49. The van der Waals surface area contributed by atoms with E-state index < -0.39 is 0 Å². The highest BCUT2D eigenvalue weighted by molar-refractivity contribution is 5.91. The average Bonchev–Trinajstić information content (AvgIpc) is 2.65. The highest BCUT2D eigenvalue weighted by Crippen LogP contribution is 2.29. The van der Waals surface area contributed by atoms with Gasteiger partial charge in [-0.2, -0.15) is 0 Å². The van der Waals surface area contributed by atoms with Gasteiger partial charge < -0.3 is 14.8 Å². The van der Waals surface area contributed by atoms with Gasteiger partial charge in [0.2, 0.25) is 5.91 Å². The maximum absolute atomic E-state index is 13.1. The SMILES string of the molecule is COc1cc(/C=C/C(=O)NCc2cccc(F)c2)ccc1OC(=O)C(C)C. The van der Waals surface area contributed by atoms with E-state index in [1.807, 2.05) is 0 Å². The quantitative estimate of drug-likeness (QED) is 0.458. The molecule has 27 heavy (non-hydrogen) atoms. The van der Waals surface area contributed by atoms with E-state index in [-0.39, 0.29) is 30.2 Å². The summed E-state index contributed by atoms with van der Waals surface area (Å²) in [5.41, 5.74) is 1.38. The molecule has 0 unspecified atom stereocenters. The molecule has 0 aliphatic heterocycles. The Morgan fingerprint density at radius 1 is 1.15 bits per heavy atom. The van der Waals surface area contributed by atoms with Crippen LogP contribution in [0.25, 0.3) is 6.08 Å². The van der Waals surface area contributed by atoms with E-state index in [4.69, 9.17) is 9.47 Å². The Hall–Kier alpha value is -3.15. The second-order valence-electron chi connectivity index (χ2n) is 6.17. The van der Waals surface area contributed by atoms with Gasteiger partial charge in [-0.15, -0.1) is 0 Å². The van der Waals surface area contributed by atoms with E-state index in [2.05, 4.69) is 5.32 Å². The Morgan fingerprint density at radius 3 is 2.59 bits per heavy atom. The number of esters is 1. The lowest BCUT2D eigenvalue weighted by molar-refractivity contribution is -0.137. The monoisotopic (exact) mass is 371 g/mol. The van der Waals surface area contributed by atoms with Crippen LogP contribution >= 0.6 is 0 Å². The van der Waals surface area contributed by atoms with Crippen LogP contribution in [0.15, 0.2) is 48.5 Å². The summed E-state index contributed by atoms with van der Waals surface area (Å²) in [4.78, 5) is 23.6. The Bertz CT molecular complexity index is 846. The van der Waals surface area contributed by atoms with E-state index in [9.17, 15) is 14.0 Å². The molecular weight excluding hydrogens is 349 g/mol. The molecular formula is C21H22FNO4. The molecule has 5 nitrogen and oxygen atoms in total.